The van der Waals surface area contributed by atoms with Crippen molar-refractivity contribution in [3.05, 3.63) is 35.6 Å². The second-order valence-electron chi connectivity index (χ2n) is 4.62. The van der Waals surface area contributed by atoms with Gasteiger partial charge in [0.05, 0.1) is 19.4 Å². The van der Waals surface area contributed by atoms with E-state index in [1.165, 1.54) is 13.2 Å². The highest BCUT2D eigenvalue weighted by Crippen LogP contribution is 2.19. The molecular weight excluding hydrogens is 249 g/mol. The van der Waals surface area contributed by atoms with Gasteiger partial charge in [0.15, 0.2) is 0 Å². The van der Waals surface area contributed by atoms with Gasteiger partial charge in [0.2, 0.25) is 5.91 Å². The van der Waals surface area contributed by atoms with E-state index in [0.717, 1.165) is 0 Å². The number of methoxy groups -OCH3 is 1. The number of hydrogen-bond acceptors (Lipinski definition) is 3. The summed E-state index contributed by atoms with van der Waals surface area (Å²) in [6, 6.07) is 6.23. The normalized spacial score (nSPS) is 18.4. The van der Waals surface area contributed by atoms with E-state index in [9.17, 15) is 14.0 Å². The average molecular weight is 265 g/mol. The molecule has 5 heteroatoms. The van der Waals surface area contributed by atoms with Crippen LogP contribution < -0.4 is 0 Å². The van der Waals surface area contributed by atoms with Gasteiger partial charge in [0.25, 0.3) is 0 Å². The number of carbonyl (C=O) groups excluding carboxylic acids is 2. The maximum atomic E-state index is 13.5. The number of nitrogens with zero attached hydrogens (tertiary/aromatic N) is 1. The summed E-state index contributed by atoms with van der Waals surface area (Å²) >= 11 is 0. The molecule has 2 rings (SSSR count). The van der Waals surface area contributed by atoms with E-state index in [0.29, 0.717) is 25.1 Å². The molecule has 0 bridgehead atoms. The fourth-order valence-electron chi connectivity index (χ4n) is 2.26. The lowest BCUT2D eigenvalue weighted by Crippen LogP contribution is -2.31. The summed E-state index contributed by atoms with van der Waals surface area (Å²) in [5.74, 6) is -1.08. The van der Waals surface area contributed by atoms with Gasteiger partial charge in [-0.3, -0.25) is 9.59 Å². The summed E-state index contributed by atoms with van der Waals surface area (Å²) in [6.07, 6.45) is 0.635. The Morgan fingerprint density at radius 2 is 2.16 bits per heavy atom. The average Bonchev–Trinajstić information content (AvgIpc) is 2.90. The summed E-state index contributed by atoms with van der Waals surface area (Å²) in [4.78, 5) is 25.0. The van der Waals surface area contributed by atoms with Crippen LogP contribution in [0.15, 0.2) is 24.3 Å². The van der Waals surface area contributed by atoms with Crippen LogP contribution in [0.1, 0.15) is 12.0 Å². The third-order valence-corrected chi connectivity index (χ3v) is 3.37. The van der Waals surface area contributed by atoms with Crippen LogP contribution in [0.5, 0.6) is 0 Å². The van der Waals surface area contributed by atoms with E-state index in [1.54, 1.807) is 23.1 Å². The molecule has 0 radical (unpaired) electrons. The monoisotopic (exact) mass is 265 g/mol. The number of amides is 1. The smallest absolute Gasteiger partial charge is 0.310 e. The number of esters is 1. The SMILES string of the molecule is COC(=O)C1CCN(C(=O)Cc2ccccc2F)C1. The molecule has 0 spiro atoms. The maximum Gasteiger partial charge on any atom is 0.310 e. The minimum atomic E-state index is -0.375. The zero-order valence-electron chi connectivity index (χ0n) is 10.8. The van der Waals surface area contributed by atoms with Crippen LogP contribution in [0, 0.1) is 11.7 Å². The van der Waals surface area contributed by atoms with Crippen molar-refractivity contribution in [2.75, 3.05) is 20.2 Å². The minimum Gasteiger partial charge on any atom is -0.469 e. The maximum absolute atomic E-state index is 13.5. The first-order valence-electron chi connectivity index (χ1n) is 6.21. The van der Waals surface area contributed by atoms with Crippen molar-refractivity contribution < 1.29 is 18.7 Å². The lowest BCUT2D eigenvalue weighted by molar-refractivity contribution is -0.145. The first-order chi connectivity index (χ1) is 9.11. The molecule has 1 aromatic carbocycles. The van der Waals surface area contributed by atoms with Gasteiger partial charge in [-0.1, -0.05) is 18.2 Å². The number of halogens is 1. The Labute approximate surface area is 111 Å². The molecule has 0 aliphatic carbocycles. The van der Waals surface area contributed by atoms with Crippen molar-refractivity contribution in [3.63, 3.8) is 0 Å². The molecule has 1 aliphatic rings. The lowest BCUT2D eigenvalue weighted by atomic mass is 10.1. The van der Waals surface area contributed by atoms with E-state index in [4.69, 9.17) is 0 Å². The molecule has 1 heterocycles. The molecule has 1 amide bonds. The molecule has 1 aromatic rings. The zero-order chi connectivity index (χ0) is 13.8. The topological polar surface area (TPSA) is 46.6 Å². The number of likely N-dealkylation sites (tertiary alicyclic amines) is 1. The second kappa shape index (κ2) is 5.82. The molecule has 1 aliphatic heterocycles. The number of rotatable bonds is 3. The van der Waals surface area contributed by atoms with E-state index in [1.807, 2.05) is 0 Å². The number of ether oxygens (including phenoxy) is 1. The molecule has 1 unspecified atom stereocenters. The van der Waals surface area contributed by atoms with Gasteiger partial charge < -0.3 is 9.64 Å². The Morgan fingerprint density at radius 1 is 1.42 bits per heavy atom. The van der Waals surface area contributed by atoms with Crippen LogP contribution in [0.4, 0.5) is 4.39 Å². The van der Waals surface area contributed by atoms with Crippen molar-refractivity contribution in [1.82, 2.24) is 4.90 Å². The highest BCUT2D eigenvalue weighted by Gasteiger charge is 2.31. The van der Waals surface area contributed by atoms with E-state index in [2.05, 4.69) is 4.74 Å². The molecule has 1 fully saturated rings. The standard InChI is InChI=1S/C14H16FNO3/c1-19-14(18)11-6-7-16(9-11)13(17)8-10-4-2-3-5-12(10)15/h2-5,11H,6-9H2,1H3. The summed E-state index contributed by atoms with van der Waals surface area (Å²) in [7, 11) is 1.34. The molecule has 19 heavy (non-hydrogen) atoms. The van der Waals surface area contributed by atoms with Crippen molar-refractivity contribution in [1.29, 1.82) is 0 Å². The molecule has 0 aromatic heterocycles. The largest absolute Gasteiger partial charge is 0.469 e. The van der Waals surface area contributed by atoms with Crippen LogP contribution in [0.2, 0.25) is 0 Å². The Balaban J connectivity index is 1.95. The van der Waals surface area contributed by atoms with Crippen LogP contribution in [0.3, 0.4) is 0 Å². The van der Waals surface area contributed by atoms with Crippen molar-refractivity contribution in [3.8, 4) is 0 Å². The number of benzene rings is 1. The highest BCUT2D eigenvalue weighted by molar-refractivity contribution is 5.81. The fraction of sp³-hybridized carbons (Fsp3) is 0.429. The quantitative estimate of drug-likeness (QED) is 0.776. The van der Waals surface area contributed by atoms with E-state index >= 15 is 0 Å². The molecule has 0 N–H and O–H groups in total. The van der Waals surface area contributed by atoms with Gasteiger partial charge in [-0.05, 0) is 18.1 Å². The van der Waals surface area contributed by atoms with Crippen LogP contribution in [-0.2, 0) is 20.7 Å². The van der Waals surface area contributed by atoms with Crippen LogP contribution in [0.25, 0.3) is 0 Å². The fourth-order valence-corrected chi connectivity index (χ4v) is 2.26. The van der Waals surface area contributed by atoms with Gasteiger partial charge in [-0.2, -0.15) is 0 Å². The minimum absolute atomic E-state index is 0.0283. The number of carbonyl (C=O) groups is 2. The molecule has 1 saturated heterocycles. The first-order valence-corrected chi connectivity index (χ1v) is 6.21. The predicted molar refractivity (Wildman–Crippen MR) is 66.8 cm³/mol. The van der Waals surface area contributed by atoms with Gasteiger partial charge in [0, 0.05) is 13.1 Å². The summed E-state index contributed by atoms with van der Waals surface area (Å²) in [6.45, 7) is 0.882. The Bertz CT molecular complexity index is 489. The Hall–Kier alpha value is -1.91. The molecule has 1 atom stereocenters. The highest BCUT2D eigenvalue weighted by atomic mass is 19.1. The third kappa shape index (κ3) is 3.10. The predicted octanol–water partition coefficient (Wildman–Crippen LogP) is 1.39. The van der Waals surface area contributed by atoms with E-state index in [-0.39, 0.29) is 30.0 Å². The van der Waals surface area contributed by atoms with Gasteiger partial charge in [-0.15, -0.1) is 0 Å². The third-order valence-electron chi connectivity index (χ3n) is 3.37. The van der Waals surface area contributed by atoms with Gasteiger partial charge in [0.1, 0.15) is 5.82 Å². The Kier molecular flexibility index (Phi) is 4.14. The summed E-state index contributed by atoms with van der Waals surface area (Å²) in [5.41, 5.74) is 0.383. The van der Waals surface area contributed by atoms with E-state index < -0.39 is 0 Å². The van der Waals surface area contributed by atoms with Crippen molar-refractivity contribution >= 4 is 11.9 Å². The molecule has 102 valence electrons. The molecule has 0 saturated carbocycles. The molecule has 4 nitrogen and oxygen atoms in total. The van der Waals surface area contributed by atoms with Gasteiger partial charge in [-0.25, -0.2) is 4.39 Å². The van der Waals surface area contributed by atoms with Crippen molar-refractivity contribution in [2.24, 2.45) is 5.92 Å². The summed E-state index contributed by atoms with van der Waals surface area (Å²) in [5, 5.41) is 0. The van der Waals surface area contributed by atoms with Crippen LogP contribution >= 0.6 is 0 Å². The number of hydrogen-bond donors (Lipinski definition) is 0. The zero-order valence-corrected chi connectivity index (χ0v) is 10.8. The van der Waals surface area contributed by atoms with Crippen LogP contribution in [-0.4, -0.2) is 37.0 Å². The first kappa shape index (κ1) is 13.5. The molecular formula is C14H16FNO3. The van der Waals surface area contributed by atoms with Crippen molar-refractivity contribution in [2.45, 2.75) is 12.8 Å². The summed E-state index contributed by atoms with van der Waals surface area (Å²) < 4.78 is 18.1. The lowest BCUT2D eigenvalue weighted by Gasteiger charge is -2.16. The second-order valence-corrected chi connectivity index (χ2v) is 4.62. The van der Waals surface area contributed by atoms with Gasteiger partial charge >= 0.3 is 5.97 Å². The Morgan fingerprint density at radius 3 is 2.84 bits per heavy atom.